The largest absolute Gasteiger partial charge is 0.325 e. The normalized spacial score (nSPS) is 9.63. The fourth-order valence-corrected chi connectivity index (χ4v) is 1.66. The van der Waals surface area contributed by atoms with Crippen molar-refractivity contribution in [3.63, 3.8) is 0 Å². The average molecular weight is 251 g/mol. The van der Waals surface area contributed by atoms with Crippen LogP contribution in [0.25, 0.3) is 0 Å². The Morgan fingerprint density at radius 1 is 1.26 bits per heavy atom. The molecule has 1 amide bonds. The third kappa shape index (κ3) is 3.93. The van der Waals surface area contributed by atoms with Crippen molar-refractivity contribution in [3.8, 4) is 6.07 Å². The third-order valence-electron chi connectivity index (χ3n) is 2.67. The number of hydrogen-bond donors (Lipinski definition) is 1. The van der Waals surface area contributed by atoms with Crippen molar-refractivity contribution in [2.45, 2.75) is 12.8 Å². The number of carbonyl (C=O) groups excluding carboxylic acids is 1. The molecule has 94 valence electrons. The fourth-order valence-electron chi connectivity index (χ4n) is 1.66. The Kier molecular flexibility index (Phi) is 4.25. The van der Waals surface area contributed by atoms with E-state index in [1.807, 2.05) is 12.1 Å². The molecule has 4 heteroatoms. The van der Waals surface area contributed by atoms with Gasteiger partial charge in [0.15, 0.2) is 0 Å². The van der Waals surface area contributed by atoms with Gasteiger partial charge < -0.3 is 5.32 Å². The summed E-state index contributed by atoms with van der Waals surface area (Å²) in [6.45, 7) is 0. The summed E-state index contributed by atoms with van der Waals surface area (Å²) in [5.74, 6) is -0.0441. The molecule has 0 bridgehead atoms. The molecule has 0 aliphatic heterocycles. The zero-order chi connectivity index (χ0) is 13.5. The minimum absolute atomic E-state index is 0.0441. The van der Waals surface area contributed by atoms with Crippen LogP contribution in [-0.2, 0) is 11.2 Å². The predicted octanol–water partition coefficient (Wildman–Crippen LogP) is 2.52. The predicted molar refractivity (Wildman–Crippen MR) is 72.3 cm³/mol. The van der Waals surface area contributed by atoms with Gasteiger partial charge in [-0.1, -0.05) is 12.1 Å². The molecule has 1 aromatic carbocycles. The Hall–Kier alpha value is -2.67. The zero-order valence-electron chi connectivity index (χ0n) is 10.3. The fraction of sp³-hybridized carbons (Fsp3) is 0.133. The molecular weight excluding hydrogens is 238 g/mol. The van der Waals surface area contributed by atoms with Crippen LogP contribution < -0.4 is 5.32 Å². The first-order chi connectivity index (χ1) is 9.28. The summed E-state index contributed by atoms with van der Waals surface area (Å²) in [6.07, 6.45) is 4.32. The van der Waals surface area contributed by atoms with E-state index in [4.69, 9.17) is 5.26 Å². The van der Waals surface area contributed by atoms with E-state index in [1.165, 1.54) is 0 Å². The highest BCUT2D eigenvalue weighted by Crippen LogP contribution is 2.08. The second-order valence-electron chi connectivity index (χ2n) is 4.10. The van der Waals surface area contributed by atoms with Crippen LogP contribution in [0.2, 0.25) is 0 Å². The summed E-state index contributed by atoms with van der Waals surface area (Å²) in [4.78, 5) is 15.6. The van der Waals surface area contributed by atoms with Gasteiger partial charge in [-0.3, -0.25) is 9.78 Å². The number of benzene rings is 1. The second-order valence-corrected chi connectivity index (χ2v) is 4.10. The molecule has 0 aliphatic rings. The monoisotopic (exact) mass is 251 g/mol. The minimum Gasteiger partial charge on any atom is -0.325 e. The molecule has 0 saturated carbocycles. The minimum atomic E-state index is -0.0441. The maximum atomic E-state index is 11.7. The summed E-state index contributed by atoms with van der Waals surface area (Å²) in [6, 6.07) is 12.9. The van der Waals surface area contributed by atoms with E-state index < -0.39 is 0 Å². The van der Waals surface area contributed by atoms with Crippen molar-refractivity contribution in [3.05, 3.63) is 59.9 Å². The average Bonchev–Trinajstić information content (AvgIpc) is 2.47. The number of aryl methyl sites for hydroxylation is 1. The summed E-state index contributed by atoms with van der Waals surface area (Å²) in [5.41, 5.74) is 2.37. The highest BCUT2D eigenvalue weighted by atomic mass is 16.1. The van der Waals surface area contributed by atoms with Crippen LogP contribution in [0.5, 0.6) is 0 Å². The van der Waals surface area contributed by atoms with Gasteiger partial charge in [-0.2, -0.15) is 5.26 Å². The van der Waals surface area contributed by atoms with Crippen LogP contribution in [-0.4, -0.2) is 10.9 Å². The van der Waals surface area contributed by atoms with Gasteiger partial charge in [0.2, 0.25) is 5.91 Å². The Bertz CT molecular complexity index is 585. The molecule has 1 aromatic heterocycles. The number of nitrogens with one attached hydrogen (secondary N) is 1. The number of amides is 1. The van der Waals surface area contributed by atoms with Gasteiger partial charge in [-0.05, 0) is 36.2 Å². The van der Waals surface area contributed by atoms with Crippen molar-refractivity contribution in [2.75, 3.05) is 5.32 Å². The number of anilines is 1. The van der Waals surface area contributed by atoms with Gasteiger partial charge in [-0.25, -0.2) is 0 Å². The van der Waals surface area contributed by atoms with Crippen molar-refractivity contribution >= 4 is 11.6 Å². The third-order valence-corrected chi connectivity index (χ3v) is 2.67. The van der Waals surface area contributed by atoms with Crippen LogP contribution in [0.4, 0.5) is 5.69 Å². The van der Waals surface area contributed by atoms with E-state index in [0.29, 0.717) is 24.1 Å². The maximum absolute atomic E-state index is 11.7. The highest BCUT2D eigenvalue weighted by Gasteiger charge is 2.03. The molecule has 0 atom stereocenters. The first kappa shape index (κ1) is 12.8. The number of rotatable bonds is 4. The van der Waals surface area contributed by atoms with Gasteiger partial charge in [-0.15, -0.1) is 0 Å². The molecule has 0 unspecified atom stereocenters. The Morgan fingerprint density at radius 2 is 2.05 bits per heavy atom. The lowest BCUT2D eigenvalue weighted by Crippen LogP contribution is -2.12. The molecule has 0 radical (unpaired) electrons. The van der Waals surface area contributed by atoms with Gasteiger partial charge in [0.1, 0.15) is 0 Å². The molecule has 2 aromatic rings. The van der Waals surface area contributed by atoms with E-state index in [0.717, 1.165) is 5.56 Å². The van der Waals surface area contributed by atoms with E-state index in [2.05, 4.69) is 16.4 Å². The molecule has 0 saturated heterocycles. The molecule has 1 N–H and O–H groups in total. The van der Waals surface area contributed by atoms with Gasteiger partial charge in [0.05, 0.1) is 23.5 Å². The van der Waals surface area contributed by atoms with Crippen LogP contribution >= 0.6 is 0 Å². The first-order valence-corrected chi connectivity index (χ1v) is 5.97. The second kappa shape index (κ2) is 6.31. The SMILES string of the molecule is N#Cc1ccc(CCC(=O)Nc2cccnc2)cc1. The number of pyridine rings is 1. The van der Waals surface area contributed by atoms with Gasteiger partial charge in [0.25, 0.3) is 0 Å². The summed E-state index contributed by atoms with van der Waals surface area (Å²) in [5, 5.41) is 11.5. The number of nitrogens with zero attached hydrogens (tertiary/aromatic N) is 2. The van der Waals surface area contributed by atoms with Crippen molar-refractivity contribution in [1.82, 2.24) is 4.98 Å². The molecule has 19 heavy (non-hydrogen) atoms. The van der Waals surface area contributed by atoms with Crippen molar-refractivity contribution in [2.24, 2.45) is 0 Å². The Balaban J connectivity index is 1.85. The molecule has 2 rings (SSSR count). The lowest BCUT2D eigenvalue weighted by molar-refractivity contribution is -0.116. The molecule has 0 fully saturated rings. The van der Waals surface area contributed by atoms with Crippen LogP contribution in [0.3, 0.4) is 0 Å². The topological polar surface area (TPSA) is 65.8 Å². The van der Waals surface area contributed by atoms with Crippen LogP contribution in [0, 0.1) is 11.3 Å². The molecule has 0 spiro atoms. The van der Waals surface area contributed by atoms with E-state index in [1.54, 1.807) is 36.7 Å². The molecule has 0 aliphatic carbocycles. The lowest BCUT2D eigenvalue weighted by atomic mass is 10.1. The highest BCUT2D eigenvalue weighted by molar-refractivity contribution is 5.90. The lowest BCUT2D eigenvalue weighted by Gasteiger charge is -2.04. The number of nitriles is 1. The van der Waals surface area contributed by atoms with Crippen LogP contribution in [0.1, 0.15) is 17.5 Å². The van der Waals surface area contributed by atoms with E-state index in [9.17, 15) is 4.79 Å². The number of aromatic nitrogens is 1. The molecule has 4 nitrogen and oxygen atoms in total. The van der Waals surface area contributed by atoms with Gasteiger partial charge in [0, 0.05) is 12.6 Å². The summed E-state index contributed by atoms with van der Waals surface area (Å²) >= 11 is 0. The maximum Gasteiger partial charge on any atom is 0.224 e. The van der Waals surface area contributed by atoms with Crippen molar-refractivity contribution in [1.29, 1.82) is 5.26 Å². The summed E-state index contributed by atoms with van der Waals surface area (Å²) < 4.78 is 0. The molecular formula is C15H13N3O. The summed E-state index contributed by atoms with van der Waals surface area (Å²) in [7, 11) is 0. The standard InChI is InChI=1S/C15H13N3O/c16-10-13-5-3-12(4-6-13)7-8-15(19)18-14-2-1-9-17-11-14/h1-6,9,11H,7-8H2,(H,18,19). The van der Waals surface area contributed by atoms with Gasteiger partial charge >= 0.3 is 0 Å². The van der Waals surface area contributed by atoms with E-state index in [-0.39, 0.29) is 5.91 Å². The first-order valence-electron chi connectivity index (χ1n) is 5.97. The van der Waals surface area contributed by atoms with E-state index >= 15 is 0 Å². The Labute approximate surface area is 111 Å². The zero-order valence-corrected chi connectivity index (χ0v) is 10.3. The Morgan fingerprint density at radius 3 is 2.68 bits per heavy atom. The van der Waals surface area contributed by atoms with Crippen molar-refractivity contribution < 1.29 is 4.79 Å². The number of hydrogen-bond acceptors (Lipinski definition) is 3. The number of carbonyl (C=O) groups is 1. The smallest absolute Gasteiger partial charge is 0.224 e. The molecule has 1 heterocycles. The van der Waals surface area contributed by atoms with Crippen LogP contribution in [0.15, 0.2) is 48.8 Å². The quantitative estimate of drug-likeness (QED) is 0.908.